The number of amides is 1. The normalized spacial score (nSPS) is 23.0. The third kappa shape index (κ3) is 3.82. The molecule has 98 valence electrons. The Morgan fingerprint density at radius 3 is 3.00 bits per heavy atom. The fourth-order valence-corrected chi connectivity index (χ4v) is 2.24. The van der Waals surface area contributed by atoms with Crippen molar-refractivity contribution in [1.29, 1.82) is 0 Å². The van der Waals surface area contributed by atoms with E-state index >= 15 is 0 Å². The number of nitrogens with one attached hydrogen (secondary N) is 1. The van der Waals surface area contributed by atoms with Crippen LogP contribution in [-0.2, 0) is 9.53 Å². The van der Waals surface area contributed by atoms with Gasteiger partial charge in [-0.25, -0.2) is 0 Å². The number of rotatable bonds is 4. The molecule has 4 heteroatoms. The third-order valence-electron chi connectivity index (χ3n) is 3.18. The zero-order valence-corrected chi connectivity index (χ0v) is 10.7. The van der Waals surface area contributed by atoms with Gasteiger partial charge in [-0.1, -0.05) is 12.1 Å². The van der Waals surface area contributed by atoms with Crippen molar-refractivity contribution >= 4 is 11.6 Å². The molecule has 1 aromatic rings. The molecule has 1 aliphatic rings. The number of hydrogen-bond acceptors (Lipinski definition) is 3. The molecule has 0 bridgehead atoms. The standard InChI is InChI=1S/C14H20N2O2/c1-10-3-2-4-12(7-10)16-14(17)9-18-13-6-5-11(15)8-13/h2-4,7,11,13H,5-6,8-9,15H2,1H3,(H,16,17). The summed E-state index contributed by atoms with van der Waals surface area (Å²) in [6.07, 6.45) is 2.95. The fourth-order valence-electron chi connectivity index (χ4n) is 2.24. The second-order valence-electron chi connectivity index (χ2n) is 4.92. The van der Waals surface area contributed by atoms with Crippen LogP contribution >= 0.6 is 0 Å². The van der Waals surface area contributed by atoms with Gasteiger partial charge in [-0.3, -0.25) is 4.79 Å². The van der Waals surface area contributed by atoms with Crippen molar-refractivity contribution in [2.45, 2.75) is 38.3 Å². The Kier molecular flexibility index (Phi) is 4.33. The first-order valence-corrected chi connectivity index (χ1v) is 6.37. The summed E-state index contributed by atoms with van der Waals surface area (Å²) in [6.45, 7) is 2.09. The summed E-state index contributed by atoms with van der Waals surface area (Å²) in [5.41, 5.74) is 7.72. The molecule has 0 saturated heterocycles. The molecule has 0 spiro atoms. The van der Waals surface area contributed by atoms with E-state index in [1.165, 1.54) is 0 Å². The molecule has 3 N–H and O–H groups in total. The van der Waals surface area contributed by atoms with E-state index in [4.69, 9.17) is 10.5 Å². The molecule has 1 aromatic carbocycles. The smallest absolute Gasteiger partial charge is 0.250 e. The van der Waals surface area contributed by atoms with E-state index in [2.05, 4.69) is 5.32 Å². The monoisotopic (exact) mass is 248 g/mol. The predicted molar refractivity (Wildman–Crippen MR) is 71.4 cm³/mol. The average molecular weight is 248 g/mol. The van der Waals surface area contributed by atoms with E-state index in [9.17, 15) is 4.79 Å². The van der Waals surface area contributed by atoms with E-state index in [0.717, 1.165) is 30.5 Å². The summed E-state index contributed by atoms with van der Waals surface area (Å²) in [4.78, 5) is 11.7. The van der Waals surface area contributed by atoms with Crippen molar-refractivity contribution in [1.82, 2.24) is 0 Å². The number of carbonyl (C=O) groups excluding carboxylic acids is 1. The Hall–Kier alpha value is -1.39. The Morgan fingerprint density at radius 2 is 2.33 bits per heavy atom. The molecule has 0 radical (unpaired) electrons. The molecule has 2 rings (SSSR count). The maximum atomic E-state index is 11.7. The highest BCUT2D eigenvalue weighted by molar-refractivity contribution is 5.91. The van der Waals surface area contributed by atoms with Crippen LogP contribution in [0.2, 0.25) is 0 Å². The van der Waals surface area contributed by atoms with Crippen LogP contribution in [0.4, 0.5) is 5.69 Å². The third-order valence-corrected chi connectivity index (χ3v) is 3.18. The number of carbonyl (C=O) groups is 1. The number of ether oxygens (including phenoxy) is 1. The van der Waals surface area contributed by atoms with Gasteiger partial charge in [0.1, 0.15) is 6.61 Å². The second-order valence-corrected chi connectivity index (χ2v) is 4.92. The quantitative estimate of drug-likeness (QED) is 0.854. The summed E-state index contributed by atoms with van der Waals surface area (Å²) in [5, 5.41) is 2.82. The van der Waals surface area contributed by atoms with Gasteiger partial charge in [0.2, 0.25) is 5.91 Å². The minimum Gasteiger partial charge on any atom is -0.368 e. The highest BCUT2D eigenvalue weighted by atomic mass is 16.5. The van der Waals surface area contributed by atoms with Crippen LogP contribution in [0.5, 0.6) is 0 Å². The number of aryl methyl sites for hydroxylation is 1. The Morgan fingerprint density at radius 1 is 1.50 bits per heavy atom. The zero-order chi connectivity index (χ0) is 13.0. The first-order chi connectivity index (χ1) is 8.63. The number of anilines is 1. The first kappa shape index (κ1) is 13.1. The summed E-state index contributed by atoms with van der Waals surface area (Å²) in [5.74, 6) is -0.110. The van der Waals surface area contributed by atoms with Gasteiger partial charge in [-0.05, 0) is 43.9 Å². The van der Waals surface area contributed by atoms with E-state index in [0.29, 0.717) is 0 Å². The predicted octanol–water partition coefficient (Wildman–Crippen LogP) is 1.83. The summed E-state index contributed by atoms with van der Waals surface area (Å²) >= 11 is 0. The van der Waals surface area contributed by atoms with Crippen LogP contribution in [0, 0.1) is 6.92 Å². The van der Waals surface area contributed by atoms with Crippen LogP contribution in [0.1, 0.15) is 24.8 Å². The van der Waals surface area contributed by atoms with Gasteiger partial charge in [0.15, 0.2) is 0 Å². The summed E-state index contributed by atoms with van der Waals surface area (Å²) < 4.78 is 5.55. The first-order valence-electron chi connectivity index (χ1n) is 6.37. The van der Waals surface area contributed by atoms with Crippen molar-refractivity contribution in [2.75, 3.05) is 11.9 Å². The average Bonchev–Trinajstić information content (AvgIpc) is 2.73. The van der Waals surface area contributed by atoms with Gasteiger partial charge in [0.05, 0.1) is 6.10 Å². The summed E-state index contributed by atoms with van der Waals surface area (Å²) in [7, 11) is 0. The highest BCUT2D eigenvalue weighted by Crippen LogP contribution is 2.20. The molecule has 0 aliphatic heterocycles. The number of benzene rings is 1. The largest absolute Gasteiger partial charge is 0.368 e. The lowest BCUT2D eigenvalue weighted by atomic mass is 10.2. The molecular formula is C14H20N2O2. The Bertz CT molecular complexity index is 420. The van der Waals surface area contributed by atoms with Crippen molar-refractivity contribution in [3.05, 3.63) is 29.8 Å². The molecule has 18 heavy (non-hydrogen) atoms. The topological polar surface area (TPSA) is 64.3 Å². The molecule has 1 aliphatic carbocycles. The molecular weight excluding hydrogens is 228 g/mol. The highest BCUT2D eigenvalue weighted by Gasteiger charge is 2.22. The molecule has 1 fully saturated rings. The van der Waals surface area contributed by atoms with E-state index < -0.39 is 0 Å². The zero-order valence-electron chi connectivity index (χ0n) is 10.7. The van der Waals surface area contributed by atoms with Crippen molar-refractivity contribution in [3.63, 3.8) is 0 Å². The van der Waals surface area contributed by atoms with Crippen molar-refractivity contribution in [3.8, 4) is 0 Å². The molecule has 1 amide bonds. The number of nitrogens with two attached hydrogens (primary N) is 1. The van der Waals surface area contributed by atoms with Crippen LogP contribution in [0.25, 0.3) is 0 Å². The van der Waals surface area contributed by atoms with Gasteiger partial charge >= 0.3 is 0 Å². The fraction of sp³-hybridized carbons (Fsp3) is 0.500. The molecule has 1 saturated carbocycles. The lowest BCUT2D eigenvalue weighted by Gasteiger charge is -2.11. The summed E-state index contributed by atoms with van der Waals surface area (Å²) in [6, 6.07) is 7.95. The van der Waals surface area contributed by atoms with Crippen LogP contribution in [0.3, 0.4) is 0 Å². The SMILES string of the molecule is Cc1cccc(NC(=O)COC2CCC(N)C2)c1. The van der Waals surface area contributed by atoms with Crippen molar-refractivity contribution in [2.24, 2.45) is 5.73 Å². The van der Waals surface area contributed by atoms with Crippen LogP contribution in [0.15, 0.2) is 24.3 Å². The van der Waals surface area contributed by atoms with Crippen LogP contribution < -0.4 is 11.1 Å². The van der Waals surface area contributed by atoms with Gasteiger partial charge < -0.3 is 15.8 Å². The van der Waals surface area contributed by atoms with E-state index in [1.54, 1.807) is 0 Å². The lowest BCUT2D eigenvalue weighted by molar-refractivity contribution is -0.122. The molecule has 4 nitrogen and oxygen atoms in total. The Labute approximate surface area is 108 Å². The van der Waals surface area contributed by atoms with Gasteiger partial charge in [0.25, 0.3) is 0 Å². The van der Waals surface area contributed by atoms with Crippen LogP contribution in [-0.4, -0.2) is 24.7 Å². The van der Waals surface area contributed by atoms with Crippen molar-refractivity contribution < 1.29 is 9.53 Å². The van der Waals surface area contributed by atoms with Gasteiger partial charge in [0, 0.05) is 11.7 Å². The lowest BCUT2D eigenvalue weighted by Crippen LogP contribution is -2.23. The minimum atomic E-state index is -0.110. The molecule has 0 heterocycles. The number of hydrogen-bond donors (Lipinski definition) is 2. The minimum absolute atomic E-state index is 0.103. The molecule has 0 aromatic heterocycles. The maximum Gasteiger partial charge on any atom is 0.250 e. The second kappa shape index (κ2) is 5.98. The van der Waals surface area contributed by atoms with E-state index in [-0.39, 0.29) is 24.7 Å². The van der Waals surface area contributed by atoms with Gasteiger partial charge in [-0.15, -0.1) is 0 Å². The van der Waals surface area contributed by atoms with Gasteiger partial charge in [-0.2, -0.15) is 0 Å². The molecule has 2 atom stereocenters. The Balaban J connectivity index is 1.75. The maximum absolute atomic E-state index is 11.7. The van der Waals surface area contributed by atoms with E-state index in [1.807, 2.05) is 31.2 Å². The molecule has 2 unspecified atom stereocenters.